The van der Waals surface area contributed by atoms with Gasteiger partial charge in [0.25, 0.3) is 0 Å². The Morgan fingerprint density at radius 1 is 1.35 bits per heavy atom. The van der Waals surface area contributed by atoms with E-state index in [1.807, 2.05) is 0 Å². The molecule has 17 heavy (non-hydrogen) atoms. The van der Waals surface area contributed by atoms with Crippen LogP contribution in [-0.4, -0.2) is 51.4 Å². The second-order valence-corrected chi connectivity index (χ2v) is 6.59. The predicted octanol–water partition coefficient (Wildman–Crippen LogP) is 0.730. The summed E-state index contributed by atoms with van der Waals surface area (Å²) in [6.45, 7) is 0.724. The minimum Gasteiger partial charge on any atom is -0.367 e. The highest BCUT2D eigenvalue weighted by Gasteiger charge is 2.34. The molecule has 0 aromatic rings. The lowest BCUT2D eigenvalue weighted by Crippen LogP contribution is -2.47. The average molecular weight is 275 g/mol. The van der Waals surface area contributed by atoms with Crippen molar-refractivity contribution in [2.45, 2.75) is 30.9 Å². The van der Waals surface area contributed by atoms with Gasteiger partial charge in [-0.05, 0) is 6.42 Å². The van der Waals surface area contributed by atoms with Crippen molar-refractivity contribution in [3.05, 3.63) is 0 Å². The summed E-state index contributed by atoms with van der Waals surface area (Å²) < 4.78 is 63.7. The number of alkyl halides is 3. The Morgan fingerprint density at radius 2 is 2.00 bits per heavy atom. The maximum Gasteiger partial charge on any atom is 0.411 e. The highest BCUT2D eigenvalue weighted by Crippen LogP contribution is 2.20. The summed E-state index contributed by atoms with van der Waals surface area (Å²) in [6.07, 6.45) is -4.95. The molecule has 1 N–H and O–H groups in total. The van der Waals surface area contributed by atoms with Crippen LogP contribution in [0.15, 0.2) is 0 Å². The Balaban J connectivity index is 2.50. The quantitative estimate of drug-likeness (QED) is 0.822. The fourth-order valence-corrected chi connectivity index (χ4v) is 3.06. The maximum absolute atomic E-state index is 11.9. The number of sulfone groups is 1. The molecule has 4 nitrogen and oxygen atoms in total. The van der Waals surface area contributed by atoms with Crippen molar-refractivity contribution >= 4 is 9.84 Å². The fraction of sp³-hybridized carbons (Fsp3) is 1.00. The Kier molecular flexibility index (Phi) is 4.79. The first-order valence-electron chi connectivity index (χ1n) is 5.35. The first kappa shape index (κ1) is 14.7. The zero-order valence-electron chi connectivity index (χ0n) is 9.46. The second kappa shape index (κ2) is 5.53. The summed E-state index contributed by atoms with van der Waals surface area (Å²) >= 11 is 0. The van der Waals surface area contributed by atoms with E-state index >= 15 is 0 Å². The third kappa shape index (κ3) is 4.81. The van der Waals surface area contributed by atoms with E-state index in [0.717, 1.165) is 0 Å². The number of nitrogens with one attached hydrogen (secondary N) is 1. The summed E-state index contributed by atoms with van der Waals surface area (Å²) in [7, 11) is -3.23. The zero-order valence-corrected chi connectivity index (χ0v) is 10.3. The number of piperidine rings is 1. The highest BCUT2D eigenvalue weighted by molar-refractivity contribution is 7.92. The van der Waals surface area contributed by atoms with Gasteiger partial charge in [0.2, 0.25) is 0 Å². The molecule has 2 unspecified atom stereocenters. The molecule has 1 aliphatic heterocycles. The van der Waals surface area contributed by atoms with Gasteiger partial charge in [0.05, 0.1) is 11.4 Å². The van der Waals surface area contributed by atoms with Gasteiger partial charge in [0.15, 0.2) is 9.84 Å². The zero-order chi connectivity index (χ0) is 13.1. The number of rotatable bonds is 4. The van der Waals surface area contributed by atoms with E-state index in [0.29, 0.717) is 0 Å². The lowest BCUT2D eigenvalue weighted by Gasteiger charge is -2.29. The van der Waals surface area contributed by atoms with Gasteiger partial charge >= 0.3 is 6.18 Å². The summed E-state index contributed by atoms with van der Waals surface area (Å²) in [5.74, 6) is -0.00859. The lowest BCUT2D eigenvalue weighted by atomic mass is 10.1. The second-order valence-electron chi connectivity index (χ2n) is 4.02. The summed E-state index contributed by atoms with van der Waals surface area (Å²) in [4.78, 5) is 0. The molecule has 1 rings (SSSR count). The smallest absolute Gasteiger partial charge is 0.367 e. The Morgan fingerprint density at radius 3 is 2.53 bits per heavy atom. The van der Waals surface area contributed by atoms with Gasteiger partial charge in [-0.25, -0.2) is 8.42 Å². The van der Waals surface area contributed by atoms with Crippen LogP contribution < -0.4 is 5.32 Å². The molecule has 1 saturated heterocycles. The first-order valence-corrected chi connectivity index (χ1v) is 7.07. The van der Waals surface area contributed by atoms with Crippen molar-refractivity contribution in [1.82, 2.24) is 5.32 Å². The van der Waals surface area contributed by atoms with Crippen molar-refractivity contribution in [1.29, 1.82) is 0 Å². The van der Waals surface area contributed by atoms with Crippen LogP contribution in [0, 0.1) is 0 Å². The molecule has 0 spiro atoms. The van der Waals surface area contributed by atoms with Crippen LogP contribution in [0.3, 0.4) is 0 Å². The van der Waals surface area contributed by atoms with Crippen molar-refractivity contribution in [3.8, 4) is 0 Å². The summed E-state index contributed by atoms with van der Waals surface area (Å²) in [6, 6.07) is 0. The van der Waals surface area contributed by atoms with Crippen LogP contribution in [0.2, 0.25) is 0 Å². The normalized spacial score (nSPS) is 27.1. The molecule has 0 bridgehead atoms. The molecular weight excluding hydrogens is 259 g/mol. The van der Waals surface area contributed by atoms with Gasteiger partial charge in [-0.1, -0.05) is 6.92 Å². The molecule has 1 heterocycles. The fourth-order valence-electron chi connectivity index (χ4n) is 1.71. The summed E-state index contributed by atoms with van der Waals surface area (Å²) in [5, 5.41) is 2.14. The Hall–Kier alpha value is -0.340. The molecule has 8 heteroatoms. The number of hydrogen-bond donors (Lipinski definition) is 1. The van der Waals surface area contributed by atoms with E-state index < -0.39 is 34.0 Å². The SMILES string of the molecule is CCS(=O)(=O)C1CNCC(OCC(F)(F)F)C1. The van der Waals surface area contributed by atoms with E-state index in [9.17, 15) is 21.6 Å². The van der Waals surface area contributed by atoms with Crippen LogP contribution in [0.4, 0.5) is 13.2 Å². The molecule has 2 atom stereocenters. The third-order valence-electron chi connectivity index (χ3n) is 2.66. The van der Waals surface area contributed by atoms with Gasteiger partial charge in [0.1, 0.15) is 6.61 Å². The van der Waals surface area contributed by atoms with E-state index in [2.05, 4.69) is 10.1 Å². The lowest BCUT2D eigenvalue weighted by molar-refractivity contribution is -0.186. The van der Waals surface area contributed by atoms with E-state index in [4.69, 9.17) is 0 Å². The van der Waals surface area contributed by atoms with Crippen molar-refractivity contribution in [3.63, 3.8) is 0 Å². The highest BCUT2D eigenvalue weighted by atomic mass is 32.2. The van der Waals surface area contributed by atoms with Gasteiger partial charge in [-0.15, -0.1) is 0 Å². The molecule has 0 radical (unpaired) electrons. The molecule has 0 aliphatic carbocycles. The molecule has 0 aromatic heterocycles. The average Bonchev–Trinajstić information content (AvgIpc) is 2.26. The van der Waals surface area contributed by atoms with E-state index in [1.54, 1.807) is 0 Å². The van der Waals surface area contributed by atoms with Gasteiger partial charge < -0.3 is 10.1 Å². The van der Waals surface area contributed by atoms with E-state index in [1.165, 1.54) is 6.92 Å². The third-order valence-corrected chi connectivity index (χ3v) is 4.84. The summed E-state index contributed by atoms with van der Waals surface area (Å²) in [5.41, 5.74) is 0. The molecule has 1 aliphatic rings. The standard InChI is InChI=1S/C9H16F3NO3S/c1-2-17(14,15)8-3-7(4-13-5-8)16-6-9(10,11)12/h7-8,13H,2-6H2,1H3. The minimum absolute atomic E-state index is 0.00859. The molecule has 0 saturated carbocycles. The van der Waals surface area contributed by atoms with Crippen molar-refractivity contribution in [2.24, 2.45) is 0 Å². The van der Waals surface area contributed by atoms with Crippen molar-refractivity contribution in [2.75, 3.05) is 25.4 Å². The molecule has 102 valence electrons. The first-order chi connectivity index (χ1) is 7.74. The molecule has 0 amide bonds. The monoisotopic (exact) mass is 275 g/mol. The minimum atomic E-state index is -4.38. The number of halogens is 3. The number of ether oxygens (including phenoxy) is 1. The molecule has 1 fully saturated rings. The van der Waals surface area contributed by atoms with Crippen LogP contribution in [0.1, 0.15) is 13.3 Å². The van der Waals surface area contributed by atoms with Crippen molar-refractivity contribution < 1.29 is 26.3 Å². The van der Waals surface area contributed by atoms with Crippen LogP contribution in [0.25, 0.3) is 0 Å². The van der Waals surface area contributed by atoms with Crippen LogP contribution in [-0.2, 0) is 14.6 Å². The Bertz CT molecular complexity index is 342. The molecular formula is C9H16F3NO3S. The number of hydrogen-bond acceptors (Lipinski definition) is 4. The van der Waals surface area contributed by atoms with Crippen LogP contribution in [0.5, 0.6) is 0 Å². The Labute approximate surface area is 98.4 Å². The van der Waals surface area contributed by atoms with Gasteiger partial charge in [-0.3, -0.25) is 0 Å². The predicted molar refractivity (Wildman–Crippen MR) is 56.5 cm³/mol. The van der Waals surface area contributed by atoms with E-state index in [-0.39, 0.29) is 25.3 Å². The molecule has 0 aromatic carbocycles. The van der Waals surface area contributed by atoms with Crippen LogP contribution >= 0.6 is 0 Å². The maximum atomic E-state index is 11.9. The topological polar surface area (TPSA) is 55.4 Å². The van der Waals surface area contributed by atoms with Gasteiger partial charge in [0, 0.05) is 18.8 Å². The largest absolute Gasteiger partial charge is 0.411 e. The van der Waals surface area contributed by atoms with Gasteiger partial charge in [-0.2, -0.15) is 13.2 Å².